The Labute approximate surface area is 160 Å². The van der Waals surface area contributed by atoms with E-state index in [-0.39, 0.29) is 30.3 Å². The molecule has 5 heteroatoms. The van der Waals surface area contributed by atoms with Gasteiger partial charge in [0.25, 0.3) is 0 Å². The molecule has 0 aliphatic carbocycles. The van der Waals surface area contributed by atoms with E-state index in [0.717, 1.165) is 13.2 Å². The van der Waals surface area contributed by atoms with Gasteiger partial charge >= 0.3 is 0 Å². The first-order valence-electron chi connectivity index (χ1n) is 8.91. The maximum absolute atomic E-state index is 5.81. The minimum Gasteiger partial charge on any atom is -1.00 e. The molecule has 3 atom stereocenters. The summed E-state index contributed by atoms with van der Waals surface area (Å²) < 4.78 is 12.8. The number of likely N-dealkylation sites (N-methyl/N-ethyl adjacent to an activating group) is 1. The Morgan fingerprint density at radius 2 is 1.92 bits per heavy atom. The topological polar surface area (TPSA) is 34.2 Å². The number of hydrogen-bond acceptors (Lipinski definition) is 2. The lowest BCUT2D eigenvalue weighted by Gasteiger charge is -2.49. The van der Waals surface area contributed by atoms with Crippen LogP contribution in [0.5, 0.6) is 0 Å². The van der Waals surface area contributed by atoms with E-state index in [2.05, 4.69) is 36.3 Å². The predicted octanol–water partition coefficient (Wildman–Crippen LogP) is -0.00140. The van der Waals surface area contributed by atoms with Gasteiger partial charge in [-0.15, -0.1) is 0 Å². The van der Waals surface area contributed by atoms with Crippen molar-refractivity contribution >= 4 is 10.9 Å². The highest BCUT2D eigenvalue weighted by atomic mass is 127. The molecule has 0 amide bonds. The molecule has 5 rings (SSSR count). The Balaban J connectivity index is 0.00000146. The van der Waals surface area contributed by atoms with Crippen LogP contribution < -0.4 is 24.0 Å². The first-order valence-corrected chi connectivity index (χ1v) is 8.91. The van der Waals surface area contributed by atoms with Crippen LogP contribution >= 0.6 is 0 Å². The van der Waals surface area contributed by atoms with Crippen LogP contribution in [0, 0.1) is 5.92 Å². The molecule has 0 bridgehead atoms. The van der Waals surface area contributed by atoms with Gasteiger partial charge in [0.05, 0.1) is 39.0 Å². The van der Waals surface area contributed by atoms with Crippen molar-refractivity contribution in [3.63, 3.8) is 0 Å². The molecular formula is C19H25IN2O2. The van der Waals surface area contributed by atoms with Crippen molar-refractivity contribution in [3.8, 4) is 0 Å². The van der Waals surface area contributed by atoms with Crippen LogP contribution in [0.3, 0.4) is 0 Å². The first kappa shape index (κ1) is 16.8. The van der Waals surface area contributed by atoms with E-state index in [1.165, 1.54) is 53.4 Å². The third-order valence-corrected chi connectivity index (χ3v) is 6.37. The van der Waals surface area contributed by atoms with E-state index in [1.807, 2.05) is 0 Å². The molecule has 2 saturated heterocycles. The Morgan fingerprint density at radius 3 is 2.75 bits per heavy atom. The van der Waals surface area contributed by atoms with Gasteiger partial charge in [0, 0.05) is 36.1 Å². The second-order valence-corrected chi connectivity index (χ2v) is 7.65. The standard InChI is InChI=1S/C19H25N2O2.HI/c1-21-8-6-13(19-22-10-11-23-19)12-17(21)18-15(7-9-21)14-4-2-3-5-16(14)20-18;/h2-5,13,17,19-20H,6-12H2,1H3;1H/q+1;/p-1/t13-,17+,21+;/m1./s1. The minimum atomic E-state index is 0. The van der Waals surface area contributed by atoms with E-state index in [4.69, 9.17) is 9.47 Å². The molecule has 2 fully saturated rings. The van der Waals surface area contributed by atoms with E-state index >= 15 is 0 Å². The van der Waals surface area contributed by atoms with Crippen molar-refractivity contribution < 1.29 is 37.9 Å². The summed E-state index contributed by atoms with van der Waals surface area (Å²) in [6.45, 7) is 4.00. The lowest BCUT2D eigenvalue weighted by atomic mass is 9.82. The normalized spacial score (nSPS) is 33.0. The lowest BCUT2D eigenvalue weighted by molar-refractivity contribution is -0.948. The van der Waals surface area contributed by atoms with Gasteiger partial charge in [0.1, 0.15) is 6.04 Å². The van der Waals surface area contributed by atoms with Gasteiger partial charge in [-0.1, -0.05) is 18.2 Å². The fraction of sp³-hybridized carbons (Fsp3) is 0.579. The minimum absolute atomic E-state index is 0. The van der Waals surface area contributed by atoms with Gasteiger partial charge in [-0.2, -0.15) is 0 Å². The number of nitrogens with one attached hydrogen (secondary N) is 1. The molecule has 0 radical (unpaired) electrons. The monoisotopic (exact) mass is 440 g/mol. The Kier molecular flexibility index (Phi) is 4.39. The van der Waals surface area contributed by atoms with Crippen molar-refractivity contribution in [2.24, 2.45) is 5.92 Å². The molecular weight excluding hydrogens is 415 g/mol. The number of H-pyrrole nitrogens is 1. The van der Waals surface area contributed by atoms with Crippen LogP contribution in [-0.4, -0.2) is 49.1 Å². The lowest BCUT2D eigenvalue weighted by Crippen LogP contribution is -3.00. The Hall–Kier alpha value is -0.630. The molecule has 0 saturated carbocycles. The molecule has 3 aliphatic heterocycles. The quantitative estimate of drug-likeness (QED) is 0.501. The Bertz CT molecular complexity index is 740. The van der Waals surface area contributed by atoms with Crippen molar-refractivity contribution in [2.45, 2.75) is 31.6 Å². The van der Waals surface area contributed by atoms with E-state index in [1.54, 1.807) is 5.56 Å². The van der Waals surface area contributed by atoms with Crippen LogP contribution in [0.25, 0.3) is 10.9 Å². The summed E-state index contributed by atoms with van der Waals surface area (Å²) in [6, 6.07) is 9.31. The maximum atomic E-state index is 5.81. The number of halogens is 1. The number of hydrogen-bond donors (Lipinski definition) is 1. The molecule has 4 heterocycles. The number of piperidine rings is 1. The van der Waals surface area contributed by atoms with Gasteiger partial charge in [-0.05, 0) is 11.6 Å². The summed E-state index contributed by atoms with van der Waals surface area (Å²) in [4.78, 5) is 3.75. The van der Waals surface area contributed by atoms with Gasteiger partial charge in [-0.3, -0.25) is 0 Å². The van der Waals surface area contributed by atoms with Crippen molar-refractivity contribution in [2.75, 3.05) is 33.4 Å². The SMILES string of the molecule is C[N@+]12CCc3c([nH]c4ccccc34)[C@@H]1C[C@H](C1OCCO1)CC2.[I-]. The molecule has 4 nitrogen and oxygen atoms in total. The fourth-order valence-electron chi connectivity index (χ4n) is 5.01. The largest absolute Gasteiger partial charge is 1.00 e. The predicted molar refractivity (Wildman–Crippen MR) is 89.1 cm³/mol. The molecule has 0 unspecified atom stereocenters. The highest BCUT2D eigenvalue weighted by Crippen LogP contribution is 2.46. The van der Waals surface area contributed by atoms with Crippen molar-refractivity contribution in [1.29, 1.82) is 0 Å². The maximum Gasteiger partial charge on any atom is 0.161 e. The summed E-state index contributed by atoms with van der Waals surface area (Å²) in [5.74, 6) is 0.533. The molecule has 1 N–H and O–H groups in total. The zero-order chi connectivity index (χ0) is 15.4. The number of ether oxygens (including phenoxy) is 2. The first-order chi connectivity index (χ1) is 11.2. The number of para-hydroxylation sites is 1. The molecule has 1 aromatic carbocycles. The Morgan fingerprint density at radius 1 is 1.12 bits per heavy atom. The highest BCUT2D eigenvalue weighted by Gasteiger charge is 2.47. The van der Waals surface area contributed by atoms with Gasteiger partial charge in [0.2, 0.25) is 0 Å². The summed E-state index contributed by atoms with van der Waals surface area (Å²) >= 11 is 0. The molecule has 2 aromatic rings. The van der Waals surface area contributed by atoms with Crippen LogP contribution in [0.2, 0.25) is 0 Å². The molecule has 0 spiro atoms. The second-order valence-electron chi connectivity index (χ2n) is 7.65. The molecule has 1 aromatic heterocycles. The number of nitrogens with zero attached hydrogens (tertiary/aromatic N) is 1. The number of aromatic nitrogens is 1. The van der Waals surface area contributed by atoms with Crippen molar-refractivity contribution in [3.05, 3.63) is 35.5 Å². The average Bonchev–Trinajstić information content (AvgIpc) is 3.21. The van der Waals surface area contributed by atoms with Crippen molar-refractivity contribution in [1.82, 2.24) is 4.98 Å². The highest BCUT2D eigenvalue weighted by molar-refractivity contribution is 5.85. The van der Waals surface area contributed by atoms with Crippen LogP contribution in [0.1, 0.15) is 30.1 Å². The third kappa shape index (κ3) is 2.52. The molecule has 24 heavy (non-hydrogen) atoms. The van der Waals surface area contributed by atoms with E-state index in [0.29, 0.717) is 12.0 Å². The molecule has 130 valence electrons. The van der Waals surface area contributed by atoms with Crippen LogP contribution in [0.15, 0.2) is 24.3 Å². The van der Waals surface area contributed by atoms with E-state index < -0.39 is 0 Å². The zero-order valence-corrected chi connectivity index (χ0v) is 16.3. The average molecular weight is 440 g/mol. The third-order valence-electron chi connectivity index (χ3n) is 6.37. The summed E-state index contributed by atoms with van der Waals surface area (Å²) in [5.41, 5.74) is 4.32. The fourth-order valence-corrected chi connectivity index (χ4v) is 5.01. The summed E-state index contributed by atoms with van der Waals surface area (Å²) in [6.07, 6.45) is 3.60. The van der Waals surface area contributed by atoms with Crippen LogP contribution in [0.4, 0.5) is 0 Å². The van der Waals surface area contributed by atoms with Crippen LogP contribution in [-0.2, 0) is 15.9 Å². The van der Waals surface area contributed by atoms with Gasteiger partial charge in [0.15, 0.2) is 6.29 Å². The number of quaternary nitrogens is 1. The number of aromatic amines is 1. The van der Waals surface area contributed by atoms with Gasteiger partial charge in [-0.25, -0.2) is 0 Å². The zero-order valence-electron chi connectivity index (χ0n) is 14.1. The molecule has 3 aliphatic rings. The number of benzene rings is 1. The van der Waals surface area contributed by atoms with Gasteiger partial charge < -0.3 is 42.9 Å². The van der Waals surface area contributed by atoms with E-state index in [9.17, 15) is 0 Å². The number of rotatable bonds is 1. The second kappa shape index (κ2) is 6.27. The smallest absolute Gasteiger partial charge is 0.161 e. The summed E-state index contributed by atoms with van der Waals surface area (Å²) in [5, 5.41) is 1.42. The number of fused-ring (bicyclic) bond motifs is 5. The summed E-state index contributed by atoms with van der Waals surface area (Å²) in [7, 11) is 2.44.